The molecular weight excluding hydrogens is 306 g/mol. The predicted octanol–water partition coefficient (Wildman–Crippen LogP) is 0.0984. The third-order valence-corrected chi connectivity index (χ3v) is 5.69. The van der Waals surface area contributed by atoms with Crippen LogP contribution in [0.4, 0.5) is 0 Å². The second kappa shape index (κ2) is 7.21. The van der Waals surface area contributed by atoms with Crippen molar-refractivity contribution in [3.8, 4) is 0 Å². The van der Waals surface area contributed by atoms with Gasteiger partial charge in [0.1, 0.15) is 0 Å². The van der Waals surface area contributed by atoms with E-state index in [0.29, 0.717) is 12.8 Å². The third kappa shape index (κ3) is 4.28. The summed E-state index contributed by atoms with van der Waals surface area (Å²) in [6.45, 7) is -0.115. The zero-order valence-electron chi connectivity index (χ0n) is 12.2. The second-order valence-electron chi connectivity index (χ2n) is 5.63. The van der Waals surface area contributed by atoms with E-state index in [0.717, 1.165) is 0 Å². The van der Waals surface area contributed by atoms with Crippen molar-refractivity contribution in [3.63, 3.8) is 0 Å². The molecule has 0 bridgehead atoms. The van der Waals surface area contributed by atoms with Crippen molar-refractivity contribution in [2.45, 2.75) is 36.3 Å². The van der Waals surface area contributed by atoms with Crippen molar-refractivity contribution in [1.82, 2.24) is 5.32 Å². The Morgan fingerprint density at radius 3 is 2.50 bits per heavy atom. The number of hydrogen-bond donors (Lipinski definition) is 3. The molecule has 1 fully saturated rings. The van der Waals surface area contributed by atoms with E-state index < -0.39 is 15.9 Å². The molecule has 1 saturated carbocycles. The Morgan fingerprint density at radius 2 is 1.91 bits per heavy atom. The summed E-state index contributed by atoms with van der Waals surface area (Å²) in [5.74, 6) is -0.824. The lowest BCUT2D eigenvalue weighted by atomic mass is 10.1. The first-order valence-corrected chi connectivity index (χ1v) is 8.93. The van der Waals surface area contributed by atoms with Crippen molar-refractivity contribution >= 4 is 15.7 Å². The summed E-state index contributed by atoms with van der Waals surface area (Å²) >= 11 is 0. The van der Waals surface area contributed by atoms with Crippen LogP contribution < -0.4 is 5.32 Å². The van der Waals surface area contributed by atoms with Gasteiger partial charge in [0.15, 0.2) is 9.84 Å². The fourth-order valence-electron chi connectivity index (χ4n) is 2.69. The van der Waals surface area contributed by atoms with E-state index in [1.807, 2.05) is 0 Å². The van der Waals surface area contributed by atoms with Gasteiger partial charge in [-0.2, -0.15) is 0 Å². The number of aliphatic hydroxyl groups excluding tert-OH is 2. The Hall–Kier alpha value is -1.44. The number of nitrogens with one attached hydrogen (secondary N) is 1. The van der Waals surface area contributed by atoms with Crippen LogP contribution in [0.25, 0.3) is 0 Å². The van der Waals surface area contributed by atoms with Gasteiger partial charge in [-0.3, -0.25) is 4.79 Å². The molecule has 7 heteroatoms. The summed E-state index contributed by atoms with van der Waals surface area (Å²) in [6.07, 6.45) is 0.161. The van der Waals surface area contributed by atoms with E-state index in [1.54, 1.807) is 18.2 Å². The Kier molecular flexibility index (Phi) is 5.55. The van der Waals surface area contributed by atoms with Crippen LogP contribution in [0.15, 0.2) is 35.2 Å². The van der Waals surface area contributed by atoms with Crippen LogP contribution in [-0.2, 0) is 14.6 Å². The van der Waals surface area contributed by atoms with E-state index in [9.17, 15) is 18.3 Å². The van der Waals surface area contributed by atoms with Crippen molar-refractivity contribution in [2.75, 3.05) is 12.4 Å². The minimum atomic E-state index is -3.47. The average molecular weight is 327 g/mol. The van der Waals surface area contributed by atoms with Gasteiger partial charge in [0, 0.05) is 25.0 Å². The lowest BCUT2D eigenvalue weighted by Crippen LogP contribution is -2.34. The molecule has 0 radical (unpaired) electrons. The third-order valence-electron chi connectivity index (χ3n) is 3.96. The van der Waals surface area contributed by atoms with Crippen LogP contribution in [0.3, 0.4) is 0 Å². The van der Waals surface area contributed by atoms with Gasteiger partial charge in [0.2, 0.25) is 5.91 Å². The first-order valence-electron chi connectivity index (χ1n) is 7.28. The SMILES string of the molecule is O=C(CCS(=O)(=O)c1ccccc1)NC1CC(O)C(CO)C1. The molecule has 0 aromatic heterocycles. The Balaban J connectivity index is 1.84. The molecule has 0 heterocycles. The Labute approximate surface area is 130 Å². The highest BCUT2D eigenvalue weighted by Crippen LogP contribution is 2.25. The van der Waals surface area contributed by atoms with Gasteiger partial charge in [-0.05, 0) is 25.0 Å². The normalized spacial score (nSPS) is 25.1. The number of carbonyl (C=O) groups is 1. The molecule has 122 valence electrons. The van der Waals surface area contributed by atoms with Gasteiger partial charge in [0.25, 0.3) is 0 Å². The maximum Gasteiger partial charge on any atom is 0.221 e. The van der Waals surface area contributed by atoms with Crippen molar-refractivity contribution < 1.29 is 23.4 Å². The van der Waals surface area contributed by atoms with Crippen LogP contribution in [0.5, 0.6) is 0 Å². The molecule has 1 amide bonds. The van der Waals surface area contributed by atoms with Gasteiger partial charge in [-0.25, -0.2) is 8.42 Å². The average Bonchev–Trinajstić information content (AvgIpc) is 2.86. The fraction of sp³-hybridized carbons (Fsp3) is 0.533. The summed E-state index contributed by atoms with van der Waals surface area (Å²) < 4.78 is 24.1. The predicted molar refractivity (Wildman–Crippen MR) is 80.9 cm³/mol. The summed E-state index contributed by atoms with van der Waals surface area (Å²) in [7, 11) is -3.47. The number of sulfone groups is 1. The maximum atomic E-state index is 12.1. The molecule has 2 rings (SSSR count). The van der Waals surface area contributed by atoms with Crippen LogP contribution in [0, 0.1) is 5.92 Å². The lowest BCUT2D eigenvalue weighted by Gasteiger charge is -2.12. The molecule has 3 unspecified atom stereocenters. The Morgan fingerprint density at radius 1 is 1.23 bits per heavy atom. The number of hydrogen-bond acceptors (Lipinski definition) is 5. The van der Waals surface area contributed by atoms with E-state index in [-0.39, 0.29) is 41.5 Å². The molecule has 1 aromatic rings. The molecule has 0 spiro atoms. The van der Waals surface area contributed by atoms with E-state index >= 15 is 0 Å². The maximum absolute atomic E-state index is 12.1. The highest BCUT2D eigenvalue weighted by atomic mass is 32.2. The molecule has 6 nitrogen and oxygen atoms in total. The summed E-state index contributed by atoms with van der Waals surface area (Å²) in [6, 6.07) is 7.82. The van der Waals surface area contributed by atoms with Crippen LogP contribution in [0.1, 0.15) is 19.3 Å². The Bertz CT molecular complexity index is 602. The number of rotatable bonds is 6. The van der Waals surface area contributed by atoms with E-state index in [4.69, 9.17) is 5.11 Å². The van der Waals surface area contributed by atoms with E-state index in [2.05, 4.69) is 5.32 Å². The monoisotopic (exact) mass is 327 g/mol. The van der Waals surface area contributed by atoms with Crippen molar-refractivity contribution in [2.24, 2.45) is 5.92 Å². The van der Waals surface area contributed by atoms with Crippen LogP contribution >= 0.6 is 0 Å². The van der Waals surface area contributed by atoms with E-state index in [1.165, 1.54) is 12.1 Å². The smallest absolute Gasteiger partial charge is 0.221 e. The summed E-state index contributed by atoms with van der Waals surface area (Å²) in [4.78, 5) is 12.1. The molecule has 22 heavy (non-hydrogen) atoms. The van der Waals surface area contributed by atoms with Gasteiger partial charge in [0.05, 0.1) is 16.8 Å². The molecule has 3 atom stereocenters. The van der Waals surface area contributed by atoms with Gasteiger partial charge in [-0.1, -0.05) is 18.2 Å². The minimum absolute atomic E-state index is 0.115. The molecule has 1 aliphatic rings. The summed E-state index contributed by atoms with van der Waals surface area (Å²) in [5, 5.41) is 21.5. The summed E-state index contributed by atoms with van der Waals surface area (Å²) in [5.41, 5.74) is 0. The highest BCUT2D eigenvalue weighted by molar-refractivity contribution is 7.91. The number of aliphatic hydroxyl groups is 2. The fourth-order valence-corrected chi connectivity index (χ4v) is 3.95. The largest absolute Gasteiger partial charge is 0.396 e. The van der Waals surface area contributed by atoms with Crippen molar-refractivity contribution in [1.29, 1.82) is 0 Å². The van der Waals surface area contributed by atoms with Crippen LogP contribution in [-0.4, -0.2) is 49.0 Å². The first-order chi connectivity index (χ1) is 10.4. The number of amides is 1. The molecular formula is C15H21NO5S. The topological polar surface area (TPSA) is 104 Å². The quantitative estimate of drug-likeness (QED) is 0.687. The zero-order valence-corrected chi connectivity index (χ0v) is 13.0. The van der Waals surface area contributed by atoms with Gasteiger partial charge in [-0.15, -0.1) is 0 Å². The molecule has 0 aliphatic heterocycles. The molecule has 1 aliphatic carbocycles. The van der Waals surface area contributed by atoms with Crippen LogP contribution in [0.2, 0.25) is 0 Å². The van der Waals surface area contributed by atoms with Gasteiger partial charge >= 0.3 is 0 Å². The zero-order chi connectivity index (χ0) is 16.2. The highest BCUT2D eigenvalue weighted by Gasteiger charge is 2.33. The van der Waals surface area contributed by atoms with Gasteiger partial charge < -0.3 is 15.5 Å². The molecule has 1 aromatic carbocycles. The molecule has 3 N–H and O–H groups in total. The minimum Gasteiger partial charge on any atom is -0.396 e. The standard InChI is InChI=1S/C15H21NO5S/c17-10-11-8-12(9-14(11)18)16-15(19)6-7-22(20,21)13-4-2-1-3-5-13/h1-5,11-12,14,17-18H,6-10H2,(H,16,19). The van der Waals surface area contributed by atoms with Crippen molar-refractivity contribution in [3.05, 3.63) is 30.3 Å². The first kappa shape index (κ1) is 16.9. The number of benzene rings is 1. The molecule has 0 saturated heterocycles. The lowest BCUT2D eigenvalue weighted by molar-refractivity contribution is -0.121. The number of carbonyl (C=O) groups excluding carboxylic acids is 1. The second-order valence-corrected chi connectivity index (χ2v) is 7.74.